The Kier molecular flexibility index (Phi) is 3.98. The quantitative estimate of drug-likeness (QED) is 0.868. The molecule has 2 rings (SSSR count). The number of benzene rings is 1. The van der Waals surface area contributed by atoms with Gasteiger partial charge in [0.15, 0.2) is 5.78 Å². The molecule has 1 aromatic heterocycles. The minimum absolute atomic E-state index is 0.00831. The van der Waals surface area contributed by atoms with Crippen molar-refractivity contribution in [2.75, 3.05) is 5.32 Å². The van der Waals surface area contributed by atoms with E-state index < -0.39 is 0 Å². The summed E-state index contributed by atoms with van der Waals surface area (Å²) >= 11 is 0. The first-order valence-electron chi connectivity index (χ1n) is 6.40. The van der Waals surface area contributed by atoms with Gasteiger partial charge in [-0.25, -0.2) is 0 Å². The predicted molar refractivity (Wildman–Crippen MR) is 75.0 cm³/mol. The smallest absolute Gasteiger partial charge is 0.261 e. The molecular weight excluding hydrogens is 256 g/mol. The molecule has 5 nitrogen and oxygen atoms in total. The van der Waals surface area contributed by atoms with Gasteiger partial charge in [0.2, 0.25) is 0 Å². The van der Waals surface area contributed by atoms with Crippen LogP contribution in [0.1, 0.15) is 46.0 Å². The van der Waals surface area contributed by atoms with Crippen molar-refractivity contribution >= 4 is 17.4 Å². The van der Waals surface area contributed by atoms with Crippen molar-refractivity contribution in [1.82, 2.24) is 5.16 Å². The maximum Gasteiger partial charge on any atom is 0.261 e. The van der Waals surface area contributed by atoms with E-state index in [1.54, 1.807) is 31.2 Å². The number of ketones is 1. The molecule has 1 N–H and O–H groups in total. The van der Waals surface area contributed by atoms with Crippen molar-refractivity contribution in [2.24, 2.45) is 0 Å². The zero-order valence-corrected chi connectivity index (χ0v) is 11.7. The number of hydrogen-bond acceptors (Lipinski definition) is 4. The molecule has 1 aromatic carbocycles. The average molecular weight is 272 g/mol. The Morgan fingerprint density at radius 3 is 2.45 bits per heavy atom. The number of aromatic nitrogens is 1. The van der Waals surface area contributed by atoms with Crippen molar-refractivity contribution in [3.63, 3.8) is 0 Å². The SMILES string of the molecule is CCc1noc(C)c1C(=O)Nc1ccc(C(C)=O)cc1. The molecule has 1 heterocycles. The minimum Gasteiger partial charge on any atom is -0.361 e. The third kappa shape index (κ3) is 2.77. The molecule has 5 heteroatoms. The van der Waals surface area contributed by atoms with Crippen LogP contribution in [-0.2, 0) is 6.42 Å². The highest BCUT2D eigenvalue weighted by atomic mass is 16.5. The van der Waals surface area contributed by atoms with E-state index in [0.717, 1.165) is 0 Å². The second-order valence-electron chi connectivity index (χ2n) is 4.50. The van der Waals surface area contributed by atoms with Crippen LogP contribution in [0.4, 0.5) is 5.69 Å². The van der Waals surface area contributed by atoms with Gasteiger partial charge in [0, 0.05) is 11.3 Å². The predicted octanol–water partition coefficient (Wildman–Crippen LogP) is 3.00. The number of carbonyl (C=O) groups excluding carboxylic acids is 2. The number of Topliss-reactive ketones (excluding diaryl/α,β-unsaturated/α-hetero) is 1. The third-order valence-corrected chi connectivity index (χ3v) is 3.04. The summed E-state index contributed by atoms with van der Waals surface area (Å²) in [6.45, 7) is 5.12. The standard InChI is InChI=1S/C15H16N2O3/c1-4-13-14(10(3)20-17-13)15(19)16-12-7-5-11(6-8-12)9(2)18/h5-8H,4H2,1-3H3,(H,16,19). The molecule has 1 amide bonds. The molecule has 0 aliphatic carbocycles. The van der Waals surface area contributed by atoms with Crippen LogP contribution in [0.3, 0.4) is 0 Å². The van der Waals surface area contributed by atoms with Gasteiger partial charge in [-0.15, -0.1) is 0 Å². The topological polar surface area (TPSA) is 72.2 Å². The number of rotatable bonds is 4. The summed E-state index contributed by atoms with van der Waals surface area (Å²) in [4.78, 5) is 23.4. The van der Waals surface area contributed by atoms with Gasteiger partial charge >= 0.3 is 0 Å². The molecule has 0 bridgehead atoms. The summed E-state index contributed by atoms with van der Waals surface area (Å²) in [7, 11) is 0. The van der Waals surface area contributed by atoms with Crippen molar-refractivity contribution < 1.29 is 14.1 Å². The number of carbonyl (C=O) groups is 2. The van der Waals surface area contributed by atoms with Crippen LogP contribution in [0.2, 0.25) is 0 Å². The van der Waals surface area contributed by atoms with Crippen LogP contribution in [0, 0.1) is 6.92 Å². The summed E-state index contributed by atoms with van der Waals surface area (Å²) in [5.74, 6) is 0.238. The summed E-state index contributed by atoms with van der Waals surface area (Å²) in [6.07, 6.45) is 0.628. The molecule has 0 unspecified atom stereocenters. The maximum atomic E-state index is 12.2. The molecule has 0 fully saturated rings. The monoisotopic (exact) mass is 272 g/mol. The van der Waals surface area contributed by atoms with Crippen LogP contribution in [0.25, 0.3) is 0 Å². The van der Waals surface area contributed by atoms with Gasteiger partial charge in [-0.1, -0.05) is 12.1 Å². The number of anilines is 1. The maximum absolute atomic E-state index is 12.2. The van der Waals surface area contributed by atoms with Gasteiger partial charge in [-0.05, 0) is 44.5 Å². The highest BCUT2D eigenvalue weighted by molar-refractivity contribution is 6.06. The van der Waals surface area contributed by atoms with Crippen molar-refractivity contribution in [2.45, 2.75) is 27.2 Å². The summed E-state index contributed by atoms with van der Waals surface area (Å²) in [5.41, 5.74) is 2.35. The second kappa shape index (κ2) is 5.69. The molecular formula is C15H16N2O3. The largest absolute Gasteiger partial charge is 0.361 e. The summed E-state index contributed by atoms with van der Waals surface area (Å²) in [6, 6.07) is 6.75. The Labute approximate surface area is 117 Å². The zero-order valence-electron chi connectivity index (χ0n) is 11.7. The van der Waals surface area contributed by atoms with Crippen LogP contribution in [0.15, 0.2) is 28.8 Å². The van der Waals surface area contributed by atoms with Crippen molar-refractivity contribution in [3.05, 3.63) is 46.8 Å². The van der Waals surface area contributed by atoms with Crippen molar-refractivity contribution in [1.29, 1.82) is 0 Å². The fourth-order valence-corrected chi connectivity index (χ4v) is 1.93. The van der Waals surface area contributed by atoms with E-state index in [4.69, 9.17) is 4.52 Å². The fourth-order valence-electron chi connectivity index (χ4n) is 1.93. The van der Waals surface area contributed by atoms with Gasteiger partial charge in [-0.3, -0.25) is 9.59 Å². The lowest BCUT2D eigenvalue weighted by Crippen LogP contribution is -2.14. The van der Waals surface area contributed by atoms with E-state index in [9.17, 15) is 9.59 Å². The lowest BCUT2D eigenvalue weighted by molar-refractivity contribution is 0.101. The average Bonchev–Trinajstić information content (AvgIpc) is 2.80. The van der Waals surface area contributed by atoms with E-state index in [0.29, 0.717) is 34.7 Å². The van der Waals surface area contributed by atoms with Crippen LogP contribution in [-0.4, -0.2) is 16.8 Å². The van der Waals surface area contributed by atoms with E-state index in [1.807, 2.05) is 6.92 Å². The van der Waals surface area contributed by atoms with Gasteiger partial charge in [0.25, 0.3) is 5.91 Å². The highest BCUT2D eigenvalue weighted by Crippen LogP contribution is 2.17. The second-order valence-corrected chi connectivity index (χ2v) is 4.50. The lowest BCUT2D eigenvalue weighted by atomic mass is 10.1. The van der Waals surface area contributed by atoms with E-state index in [2.05, 4.69) is 10.5 Å². The first kappa shape index (κ1) is 14.0. The molecule has 0 radical (unpaired) electrons. The molecule has 0 aliphatic rings. The number of hydrogen-bond donors (Lipinski definition) is 1. The van der Waals surface area contributed by atoms with E-state index >= 15 is 0 Å². The fraction of sp³-hybridized carbons (Fsp3) is 0.267. The molecule has 0 atom stereocenters. The number of amides is 1. The van der Waals surface area contributed by atoms with Gasteiger partial charge in [0.05, 0.1) is 5.69 Å². The van der Waals surface area contributed by atoms with Crippen LogP contribution < -0.4 is 5.32 Å². The van der Waals surface area contributed by atoms with Gasteiger partial charge in [0.1, 0.15) is 11.3 Å². The molecule has 0 aliphatic heterocycles. The van der Waals surface area contributed by atoms with Gasteiger partial charge in [-0.2, -0.15) is 0 Å². The van der Waals surface area contributed by atoms with Crippen molar-refractivity contribution in [3.8, 4) is 0 Å². The summed E-state index contributed by atoms with van der Waals surface area (Å²) in [5, 5.41) is 6.63. The number of nitrogens with one attached hydrogen (secondary N) is 1. The van der Waals surface area contributed by atoms with Crippen LogP contribution in [0.5, 0.6) is 0 Å². The zero-order chi connectivity index (χ0) is 14.7. The van der Waals surface area contributed by atoms with E-state index in [-0.39, 0.29) is 11.7 Å². The third-order valence-electron chi connectivity index (χ3n) is 3.04. The molecule has 0 saturated heterocycles. The molecule has 0 spiro atoms. The Morgan fingerprint density at radius 1 is 1.25 bits per heavy atom. The Balaban J connectivity index is 2.19. The molecule has 104 valence electrons. The first-order chi connectivity index (χ1) is 9.52. The normalized spacial score (nSPS) is 10.3. The number of nitrogens with zero attached hydrogens (tertiary/aromatic N) is 1. The van der Waals surface area contributed by atoms with Crippen LogP contribution >= 0.6 is 0 Å². The number of aryl methyl sites for hydroxylation is 2. The Hall–Kier alpha value is -2.43. The minimum atomic E-state index is -0.254. The lowest BCUT2D eigenvalue weighted by Gasteiger charge is -2.05. The Bertz CT molecular complexity index is 642. The summed E-state index contributed by atoms with van der Waals surface area (Å²) < 4.78 is 5.04. The Morgan fingerprint density at radius 2 is 1.90 bits per heavy atom. The molecule has 2 aromatic rings. The highest BCUT2D eigenvalue weighted by Gasteiger charge is 2.19. The first-order valence-corrected chi connectivity index (χ1v) is 6.40. The van der Waals surface area contributed by atoms with Gasteiger partial charge < -0.3 is 9.84 Å². The molecule has 20 heavy (non-hydrogen) atoms. The molecule has 0 saturated carbocycles. The van der Waals surface area contributed by atoms with E-state index in [1.165, 1.54) is 6.92 Å².